The largest absolute Gasteiger partial charge is 0.354 e. The molecule has 21 heavy (non-hydrogen) atoms. The molecule has 0 bridgehead atoms. The summed E-state index contributed by atoms with van der Waals surface area (Å²) in [6, 6.07) is 17.6. The molecule has 0 unspecified atom stereocenters. The Morgan fingerprint density at radius 1 is 0.857 bits per heavy atom. The first-order valence-electron chi connectivity index (χ1n) is 7.53. The molecule has 0 radical (unpaired) electrons. The molecule has 0 saturated heterocycles. The molecule has 5 rings (SSSR count). The fourth-order valence-electron chi connectivity index (χ4n) is 3.67. The summed E-state index contributed by atoms with van der Waals surface area (Å²) in [5.74, 6) is 0. The smallest absolute Gasteiger partial charge is 0.0471 e. The molecule has 0 atom stereocenters. The van der Waals surface area contributed by atoms with Crippen LogP contribution in [0, 0.1) is 0 Å². The van der Waals surface area contributed by atoms with Crippen LogP contribution in [-0.2, 0) is 6.42 Å². The minimum absolute atomic E-state index is 0. The molecule has 1 aliphatic rings. The van der Waals surface area contributed by atoms with E-state index in [4.69, 9.17) is 0 Å². The van der Waals surface area contributed by atoms with Crippen LogP contribution in [0.4, 0.5) is 0 Å². The highest BCUT2D eigenvalue weighted by Gasteiger charge is 2.14. The number of H-pyrrole nitrogens is 1. The SMILES string of the molecule is C1=Cc2c(ccc3[nH]c4ccc5ccccc5c4c23)CC1.[HH]. The minimum Gasteiger partial charge on any atom is -0.354 e. The van der Waals surface area contributed by atoms with Crippen molar-refractivity contribution in [2.24, 2.45) is 0 Å². The highest BCUT2D eigenvalue weighted by atomic mass is 14.7. The van der Waals surface area contributed by atoms with Crippen LogP contribution in [0.2, 0.25) is 0 Å². The number of allylic oxidation sites excluding steroid dienone is 1. The molecule has 102 valence electrons. The number of aromatic amines is 1. The maximum Gasteiger partial charge on any atom is 0.0471 e. The third-order valence-electron chi connectivity index (χ3n) is 4.65. The van der Waals surface area contributed by atoms with Crippen molar-refractivity contribution in [2.45, 2.75) is 12.8 Å². The maximum atomic E-state index is 3.59. The van der Waals surface area contributed by atoms with Gasteiger partial charge in [-0.25, -0.2) is 0 Å². The van der Waals surface area contributed by atoms with E-state index in [1.54, 1.807) is 0 Å². The maximum absolute atomic E-state index is 3.59. The lowest BCUT2D eigenvalue weighted by Crippen LogP contribution is -1.94. The van der Waals surface area contributed by atoms with E-state index in [1.165, 1.54) is 43.7 Å². The van der Waals surface area contributed by atoms with Crippen molar-refractivity contribution < 1.29 is 1.43 Å². The van der Waals surface area contributed by atoms with Crippen LogP contribution in [0.5, 0.6) is 0 Å². The fourth-order valence-corrected chi connectivity index (χ4v) is 3.67. The van der Waals surface area contributed by atoms with E-state index in [0.29, 0.717) is 0 Å². The Morgan fingerprint density at radius 3 is 2.71 bits per heavy atom. The predicted molar refractivity (Wildman–Crippen MR) is 92.8 cm³/mol. The molecule has 1 nitrogen and oxygen atoms in total. The average Bonchev–Trinajstić information content (AvgIpc) is 2.94. The van der Waals surface area contributed by atoms with Crippen LogP contribution in [0.15, 0.2) is 54.6 Å². The lowest BCUT2D eigenvalue weighted by molar-refractivity contribution is 0.990. The Bertz CT molecular complexity index is 1040. The summed E-state index contributed by atoms with van der Waals surface area (Å²) in [6.07, 6.45) is 6.91. The van der Waals surface area contributed by atoms with E-state index >= 15 is 0 Å². The first kappa shape index (κ1) is 11.2. The Balaban J connectivity index is 0.00000125. The molecule has 3 aromatic carbocycles. The van der Waals surface area contributed by atoms with Crippen molar-refractivity contribution in [1.82, 2.24) is 4.98 Å². The normalized spacial score (nSPS) is 14.1. The van der Waals surface area contributed by atoms with Gasteiger partial charge in [0, 0.05) is 23.2 Å². The van der Waals surface area contributed by atoms with Crippen molar-refractivity contribution in [3.8, 4) is 0 Å². The van der Waals surface area contributed by atoms with E-state index in [1.807, 2.05) is 0 Å². The van der Waals surface area contributed by atoms with Crippen molar-refractivity contribution in [3.05, 3.63) is 65.7 Å². The van der Waals surface area contributed by atoms with Gasteiger partial charge in [0.2, 0.25) is 0 Å². The third-order valence-corrected chi connectivity index (χ3v) is 4.65. The summed E-state index contributed by atoms with van der Waals surface area (Å²) in [5.41, 5.74) is 5.35. The van der Waals surface area contributed by atoms with Gasteiger partial charge < -0.3 is 4.98 Å². The summed E-state index contributed by atoms with van der Waals surface area (Å²) in [5, 5.41) is 5.40. The van der Waals surface area contributed by atoms with Crippen molar-refractivity contribution in [2.75, 3.05) is 0 Å². The summed E-state index contributed by atoms with van der Waals surface area (Å²) < 4.78 is 0. The highest BCUT2D eigenvalue weighted by Crippen LogP contribution is 2.37. The molecule has 4 aromatic rings. The van der Waals surface area contributed by atoms with E-state index < -0.39 is 0 Å². The molecule has 1 aliphatic carbocycles. The zero-order valence-electron chi connectivity index (χ0n) is 11.7. The number of aryl methyl sites for hydroxylation is 1. The Labute approximate surface area is 124 Å². The molecule has 1 heteroatoms. The summed E-state index contributed by atoms with van der Waals surface area (Å²) in [4.78, 5) is 3.59. The van der Waals surface area contributed by atoms with Gasteiger partial charge in [-0.1, -0.05) is 48.6 Å². The fraction of sp³-hybridized carbons (Fsp3) is 0.100. The number of benzene rings is 3. The van der Waals surface area contributed by atoms with Crippen LogP contribution in [-0.4, -0.2) is 4.98 Å². The number of rotatable bonds is 0. The molecular weight excluding hydrogens is 254 g/mol. The molecular formula is C20H17N. The van der Waals surface area contributed by atoms with Gasteiger partial charge in [0.05, 0.1) is 0 Å². The van der Waals surface area contributed by atoms with Crippen LogP contribution >= 0.6 is 0 Å². The van der Waals surface area contributed by atoms with E-state index in [0.717, 1.165) is 12.8 Å². The van der Waals surface area contributed by atoms with Crippen LogP contribution in [0.1, 0.15) is 19.0 Å². The molecule has 0 saturated carbocycles. The van der Waals surface area contributed by atoms with E-state index in [2.05, 4.69) is 65.7 Å². The second-order valence-corrected chi connectivity index (χ2v) is 5.84. The summed E-state index contributed by atoms with van der Waals surface area (Å²) >= 11 is 0. The first-order chi connectivity index (χ1) is 10.4. The first-order valence-corrected chi connectivity index (χ1v) is 7.53. The predicted octanol–water partition coefficient (Wildman–Crippen LogP) is 5.68. The molecule has 0 spiro atoms. The average molecular weight is 271 g/mol. The van der Waals surface area contributed by atoms with Gasteiger partial charge >= 0.3 is 0 Å². The number of hydrogen-bond donors (Lipinski definition) is 1. The number of nitrogens with one attached hydrogen (secondary N) is 1. The number of aromatic nitrogens is 1. The molecule has 0 fully saturated rings. The molecule has 1 heterocycles. The van der Waals surface area contributed by atoms with Gasteiger partial charge in [-0.2, -0.15) is 0 Å². The van der Waals surface area contributed by atoms with Gasteiger partial charge in [-0.15, -0.1) is 0 Å². The zero-order chi connectivity index (χ0) is 13.8. The van der Waals surface area contributed by atoms with Gasteiger partial charge in [-0.05, 0) is 46.9 Å². The molecule has 1 aromatic heterocycles. The molecule has 0 aliphatic heterocycles. The second kappa shape index (κ2) is 3.98. The quantitative estimate of drug-likeness (QED) is 0.423. The van der Waals surface area contributed by atoms with Crippen LogP contribution < -0.4 is 0 Å². The van der Waals surface area contributed by atoms with Crippen LogP contribution in [0.3, 0.4) is 0 Å². The Hall–Kier alpha value is -2.54. The van der Waals surface area contributed by atoms with Gasteiger partial charge in [0.15, 0.2) is 0 Å². The van der Waals surface area contributed by atoms with E-state index in [9.17, 15) is 0 Å². The zero-order valence-corrected chi connectivity index (χ0v) is 11.7. The van der Waals surface area contributed by atoms with Gasteiger partial charge in [0.1, 0.15) is 0 Å². The molecule has 1 N–H and O–H groups in total. The standard InChI is InChI=1S/C20H15N.H2/c1-3-7-15-13(5-1)9-11-17-19(15)20-16-8-4-2-6-14(16)10-12-18(20)21-17;/h1,3-5,7-12,21H,2,6H2;1H. The number of fused-ring (bicyclic) bond motifs is 7. The van der Waals surface area contributed by atoms with Gasteiger partial charge in [0.25, 0.3) is 0 Å². The minimum atomic E-state index is 0. The van der Waals surface area contributed by atoms with Crippen LogP contribution in [0.25, 0.3) is 38.7 Å². The summed E-state index contributed by atoms with van der Waals surface area (Å²) in [7, 11) is 0. The molecule has 0 amide bonds. The second-order valence-electron chi connectivity index (χ2n) is 5.84. The van der Waals surface area contributed by atoms with Crippen molar-refractivity contribution in [3.63, 3.8) is 0 Å². The Kier molecular flexibility index (Phi) is 2.12. The van der Waals surface area contributed by atoms with Crippen molar-refractivity contribution >= 4 is 38.7 Å². The highest BCUT2D eigenvalue weighted by molar-refractivity contribution is 6.22. The topological polar surface area (TPSA) is 15.8 Å². The number of hydrogen-bond acceptors (Lipinski definition) is 0. The van der Waals surface area contributed by atoms with E-state index in [-0.39, 0.29) is 1.43 Å². The Morgan fingerprint density at radius 2 is 1.71 bits per heavy atom. The summed E-state index contributed by atoms with van der Waals surface area (Å²) in [6.45, 7) is 0. The van der Waals surface area contributed by atoms with Crippen molar-refractivity contribution in [1.29, 1.82) is 0 Å². The lowest BCUT2D eigenvalue weighted by atomic mass is 9.92. The lowest BCUT2D eigenvalue weighted by Gasteiger charge is -2.12. The third kappa shape index (κ3) is 1.46. The van der Waals surface area contributed by atoms with Gasteiger partial charge in [-0.3, -0.25) is 0 Å². The monoisotopic (exact) mass is 271 g/mol.